The van der Waals surface area contributed by atoms with E-state index in [4.69, 9.17) is 4.84 Å². The summed E-state index contributed by atoms with van der Waals surface area (Å²) in [6.07, 6.45) is 5.25. The lowest BCUT2D eigenvalue weighted by molar-refractivity contribution is 0.0515. The van der Waals surface area contributed by atoms with Crippen LogP contribution in [0.5, 0.6) is 0 Å². The fraction of sp³-hybridized carbons (Fsp3) is 0.0455. The second-order valence-electron chi connectivity index (χ2n) is 6.08. The Kier molecular flexibility index (Phi) is 4.74. The lowest BCUT2D eigenvalue weighted by atomic mass is 10.0. The van der Waals surface area contributed by atoms with Crippen LogP contribution >= 0.6 is 0 Å². The topological polar surface area (TPSA) is 56.5 Å². The Balaban J connectivity index is 1.66. The standard InChI is InChI=1S/C22H17N3O2/c26-22(18-7-2-1-3-8-18)27-24-21(15-25-13-12-23-16-25)20-11-10-17-6-4-5-9-19(17)14-20/h1-14,16H,15H2/b24-21-. The molecule has 5 heteroatoms. The van der Waals surface area contributed by atoms with Crippen LogP contribution in [0.15, 0.2) is 96.7 Å². The van der Waals surface area contributed by atoms with Gasteiger partial charge in [0.1, 0.15) is 5.71 Å². The van der Waals surface area contributed by atoms with E-state index in [9.17, 15) is 4.79 Å². The van der Waals surface area contributed by atoms with E-state index < -0.39 is 5.97 Å². The molecule has 0 atom stereocenters. The fourth-order valence-electron chi connectivity index (χ4n) is 2.82. The summed E-state index contributed by atoms with van der Waals surface area (Å²) in [6, 6.07) is 23.0. The van der Waals surface area contributed by atoms with Gasteiger partial charge in [-0.05, 0) is 29.0 Å². The molecule has 0 bridgehead atoms. The van der Waals surface area contributed by atoms with Crippen LogP contribution in [-0.4, -0.2) is 21.2 Å². The SMILES string of the molecule is O=C(O/N=C(/Cn1ccnc1)c1ccc2ccccc2c1)c1ccccc1. The first kappa shape index (κ1) is 16.7. The van der Waals surface area contributed by atoms with Crippen molar-refractivity contribution in [1.29, 1.82) is 0 Å². The molecule has 4 aromatic rings. The molecule has 0 amide bonds. The minimum atomic E-state index is -0.487. The minimum Gasteiger partial charge on any atom is -0.331 e. The van der Waals surface area contributed by atoms with Crippen molar-refractivity contribution in [3.8, 4) is 0 Å². The maximum atomic E-state index is 12.2. The number of hydrogen-bond acceptors (Lipinski definition) is 4. The first-order chi connectivity index (χ1) is 13.3. The quantitative estimate of drug-likeness (QED) is 0.305. The average Bonchev–Trinajstić information content (AvgIpc) is 3.24. The molecule has 3 aromatic carbocycles. The predicted octanol–water partition coefficient (Wildman–Crippen LogP) is 4.30. The minimum absolute atomic E-state index is 0.445. The van der Waals surface area contributed by atoms with Gasteiger partial charge in [-0.2, -0.15) is 0 Å². The summed E-state index contributed by atoms with van der Waals surface area (Å²) >= 11 is 0. The Morgan fingerprint density at radius 2 is 1.70 bits per heavy atom. The van der Waals surface area contributed by atoms with Gasteiger partial charge in [0.05, 0.1) is 18.4 Å². The zero-order chi connectivity index (χ0) is 18.5. The van der Waals surface area contributed by atoms with Crippen molar-refractivity contribution in [3.05, 3.63) is 103 Å². The lowest BCUT2D eigenvalue weighted by Gasteiger charge is -2.09. The number of rotatable bonds is 5. The number of hydrogen-bond donors (Lipinski definition) is 0. The molecule has 4 rings (SSSR count). The molecule has 0 aliphatic carbocycles. The van der Waals surface area contributed by atoms with Crippen molar-refractivity contribution in [2.24, 2.45) is 5.16 Å². The third-order valence-electron chi connectivity index (χ3n) is 4.22. The van der Waals surface area contributed by atoms with Crippen LogP contribution in [-0.2, 0) is 11.4 Å². The molecule has 0 saturated heterocycles. The van der Waals surface area contributed by atoms with E-state index >= 15 is 0 Å². The van der Waals surface area contributed by atoms with E-state index in [1.807, 2.05) is 53.2 Å². The second kappa shape index (κ2) is 7.66. The van der Waals surface area contributed by atoms with Gasteiger partial charge in [0, 0.05) is 18.0 Å². The normalized spacial score (nSPS) is 11.5. The third kappa shape index (κ3) is 3.93. The largest absolute Gasteiger partial charge is 0.365 e. The molecule has 0 aliphatic heterocycles. The van der Waals surface area contributed by atoms with Gasteiger partial charge in [0.25, 0.3) is 0 Å². The Bertz CT molecular complexity index is 1090. The van der Waals surface area contributed by atoms with Crippen molar-refractivity contribution in [1.82, 2.24) is 9.55 Å². The molecule has 0 saturated carbocycles. The summed E-state index contributed by atoms with van der Waals surface area (Å²) in [5.74, 6) is -0.487. The Morgan fingerprint density at radius 1 is 0.926 bits per heavy atom. The summed E-state index contributed by atoms with van der Waals surface area (Å²) < 4.78 is 1.88. The van der Waals surface area contributed by atoms with Crippen LogP contribution in [0.2, 0.25) is 0 Å². The number of nitrogens with zero attached hydrogens (tertiary/aromatic N) is 3. The summed E-state index contributed by atoms with van der Waals surface area (Å²) in [7, 11) is 0. The van der Waals surface area contributed by atoms with Gasteiger partial charge in [0.15, 0.2) is 0 Å². The molecular weight excluding hydrogens is 338 g/mol. The molecular formula is C22H17N3O2. The van der Waals surface area contributed by atoms with E-state index in [0.29, 0.717) is 17.8 Å². The molecule has 0 radical (unpaired) electrons. The zero-order valence-electron chi connectivity index (χ0n) is 14.5. The van der Waals surface area contributed by atoms with E-state index in [1.165, 1.54) is 0 Å². The average molecular weight is 355 g/mol. The van der Waals surface area contributed by atoms with E-state index in [0.717, 1.165) is 16.3 Å². The van der Waals surface area contributed by atoms with Gasteiger partial charge < -0.3 is 9.40 Å². The van der Waals surface area contributed by atoms with E-state index in [-0.39, 0.29) is 0 Å². The Hall–Kier alpha value is -3.73. The highest BCUT2D eigenvalue weighted by Crippen LogP contribution is 2.17. The van der Waals surface area contributed by atoms with Gasteiger partial charge in [-0.1, -0.05) is 59.8 Å². The second-order valence-corrected chi connectivity index (χ2v) is 6.08. The number of oxime groups is 1. The first-order valence-corrected chi connectivity index (χ1v) is 8.58. The predicted molar refractivity (Wildman–Crippen MR) is 105 cm³/mol. The van der Waals surface area contributed by atoms with E-state index in [1.54, 1.807) is 36.8 Å². The molecule has 27 heavy (non-hydrogen) atoms. The first-order valence-electron chi connectivity index (χ1n) is 8.58. The highest BCUT2D eigenvalue weighted by Gasteiger charge is 2.10. The molecule has 1 aromatic heterocycles. The summed E-state index contributed by atoms with van der Waals surface area (Å²) in [5, 5.41) is 6.41. The van der Waals surface area contributed by atoms with Crippen LogP contribution in [0.3, 0.4) is 0 Å². The highest BCUT2D eigenvalue weighted by molar-refractivity contribution is 6.03. The number of fused-ring (bicyclic) bond motifs is 1. The van der Waals surface area contributed by atoms with Crippen molar-refractivity contribution >= 4 is 22.5 Å². The van der Waals surface area contributed by atoms with Crippen LogP contribution < -0.4 is 0 Å². The van der Waals surface area contributed by atoms with Gasteiger partial charge in [-0.3, -0.25) is 0 Å². The summed E-state index contributed by atoms with van der Waals surface area (Å²) in [4.78, 5) is 21.5. The molecule has 132 valence electrons. The van der Waals surface area contributed by atoms with Crippen LogP contribution in [0.25, 0.3) is 10.8 Å². The number of aromatic nitrogens is 2. The van der Waals surface area contributed by atoms with Crippen LogP contribution in [0.4, 0.5) is 0 Å². The van der Waals surface area contributed by atoms with Gasteiger partial charge >= 0.3 is 5.97 Å². The monoisotopic (exact) mass is 355 g/mol. The van der Waals surface area contributed by atoms with Crippen molar-refractivity contribution in [2.75, 3.05) is 0 Å². The fourth-order valence-corrected chi connectivity index (χ4v) is 2.82. The maximum absolute atomic E-state index is 12.2. The van der Waals surface area contributed by atoms with Crippen molar-refractivity contribution in [2.45, 2.75) is 6.54 Å². The summed E-state index contributed by atoms with van der Waals surface area (Å²) in [5.41, 5.74) is 1.99. The number of carbonyl (C=O) groups excluding carboxylic acids is 1. The highest BCUT2D eigenvalue weighted by atomic mass is 16.7. The molecule has 1 heterocycles. The molecule has 0 N–H and O–H groups in total. The molecule has 0 fully saturated rings. The number of benzene rings is 3. The van der Waals surface area contributed by atoms with Crippen LogP contribution in [0.1, 0.15) is 15.9 Å². The van der Waals surface area contributed by atoms with Gasteiger partial charge in [-0.15, -0.1) is 0 Å². The third-order valence-corrected chi connectivity index (χ3v) is 4.22. The van der Waals surface area contributed by atoms with Gasteiger partial charge in [-0.25, -0.2) is 9.78 Å². The number of carbonyl (C=O) groups is 1. The smallest absolute Gasteiger partial charge is 0.331 e. The molecule has 0 aliphatic rings. The number of imidazole rings is 1. The maximum Gasteiger partial charge on any atom is 0.365 e. The van der Waals surface area contributed by atoms with Crippen molar-refractivity contribution in [3.63, 3.8) is 0 Å². The molecule has 5 nitrogen and oxygen atoms in total. The van der Waals surface area contributed by atoms with Crippen molar-refractivity contribution < 1.29 is 9.63 Å². The Labute approximate surface area is 156 Å². The van der Waals surface area contributed by atoms with Crippen LogP contribution in [0, 0.1) is 0 Å². The zero-order valence-corrected chi connectivity index (χ0v) is 14.5. The lowest BCUT2D eigenvalue weighted by Crippen LogP contribution is -2.13. The molecule has 0 spiro atoms. The summed E-state index contributed by atoms with van der Waals surface area (Å²) in [6.45, 7) is 0.445. The van der Waals surface area contributed by atoms with Gasteiger partial charge in [0.2, 0.25) is 0 Å². The molecule has 0 unspecified atom stereocenters. The Morgan fingerprint density at radius 3 is 2.48 bits per heavy atom. The van der Waals surface area contributed by atoms with E-state index in [2.05, 4.69) is 16.2 Å².